The second-order valence-corrected chi connectivity index (χ2v) is 8.58. The van der Waals surface area contributed by atoms with E-state index in [0.717, 1.165) is 16.7 Å². The fraction of sp³-hybridized carbons (Fsp3) is 0.241. The van der Waals surface area contributed by atoms with Gasteiger partial charge in [-0.15, -0.1) is 0 Å². The number of methoxy groups -OCH3 is 1. The average molecular weight is 533 g/mol. The van der Waals surface area contributed by atoms with Gasteiger partial charge in [-0.25, -0.2) is 5.43 Å². The van der Waals surface area contributed by atoms with E-state index in [2.05, 4.69) is 21.2 Å². The van der Waals surface area contributed by atoms with E-state index in [9.17, 15) is 14.4 Å². The number of anilines is 1. The van der Waals surface area contributed by atoms with Crippen molar-refractivity contribution in [2.45, 2.75) is 27.3 Å². The molecule has 3 aromatic carbocycles. The zero-order valence-electron chi connectivity index (χ0n) is 22.4. The van der Waals surface area contributed by atoms with Crippen LogP contribution in [0, 0.1) is 13.8 Å². The number of rotatable bonds is 11. The molecule has 204 valence electrons. The fourth-order valence-electron chi connectivity index (χ4n) is 3.60. The quantitative estimate of drug-likeness (QED) is 0.197. The van der Waals surface area contributed by atoms with Gasteiger partial charge in [-0.1, -0.05) is 18.2 Å². The topological polar surface area (TPSA) is 127 Å². The van der Waals surface area contributed by atoms with Gasteiger partial charge in [-0.05, 0) is 85.5 Å². The Balaban J connectivity index is 1.52. The molecule has 0 atom stereocenters. The van der Waals surface area contributed by atoms with E-state index in [4.69, 9.17) is 14.2 Å². The number of carbonyl (C=O) groups is 3. The largest absolute Gasteiger partial charge is 0.497 e. The molecule has 39 heavy (non-hydrogen) atoms. The molecule has 0 aromatic heterocycles. The summed E-state index contributed by atoms with van der Waals surface area (Å²) < 4.78 is 16.4. The number of hydrogen-bond acceptors (Lipinski definition) is 7. The molecule has 3 aromatic rings. The number of hydrazone groups is 1. The Labute approximate surface area is 227 Å². The molecule has 0 aliphatic heterocycles. The minimum atomic E-state index is -0.903. The minimum absolute atomic E-state index is 0.182. The minimum Gasteiger partial charge on any atom is -0.497 e. The molecular formula is C29H32N4O6. The lowest BCUT2D eigenvalue weighted by Crippen LogP contribution is -2.37. The summed E-state index contributed by atoms with van der Waals surface area (Å²) in [5, 5.41) is 9.19. The predicted octanol–water partition coefficient (Wildman–Crippen LogP) is 3.49. The van der Waals surface area contributed by atoms with Gasteiger partial charge < -0.3 is 24.8 Å². The van der Waals surface area contributed by atoms with Crippen LogP contribution in [0.1, 0.15) is 29.2 Å². The second kappa shape index (κ2) is 14.2. The number of hydrogen-bond donors (Lipinski definition) is 3. The van der Waals surface area contributed by atoms with Crippen LogP contribution in [0.2, 0.25) is 0 Å². The summed E-state index contributed by atoms with van der Waals surface area (Å²) in [4.78, 5) is 36.5. The van der Waals surface area contributed by atoms with Crippen LogP contribution in [0.3, 0.4) is 0 Å². The normalized spacial score (nSPS) is 10.6. The third kappa shape index (κ3) is 9.19. The number of ether oxygens (including phenoxy) is 3. The second-order valence-electron chi connectivity index (χ2n) is 8.58. The standard InChI is InChI=1S/C29H32N4O6/c1-5-38-26-15-22(8-11-25(26)39-18-27(34)32-23-13-19(2)12-20(3)14-23)17-31-33-29(36)28(35)30-16-21-6-9-24(37-4)10-7-21/h6-15,17H,5,16,18H2,1-4H3,(H,30,35)(H,32,34)(H,33,36)/b31-17-. The Morgan fingerprint density at radius 1 is 0.872 bits per heavy atom. The molecule has 0 heterocycles. The van der Waals surface area contributed by atoms with Crippen LogP contribution in [-0.2, 0) is 20.9 Å². The SMILES string of the molecule is CCOc1cc(/C=N\NC(=O)C(=O)NCc2ccc(OC)cc2)ccc1OCC(=O)Nc1cc(C)cc(C)c1. The van der Waals surface area contributed by atoms with E-state index in [0.29, 0.717) is 35.1 Å². The number of nitrogens with one attached hydrogen (secondary N) is 3. The lowest BCUT2D eigenvalue weighted by molar-refractivity contribution is -0.139. The molecule has 0 saturated carbocycles. The number of benzene rings is 3. The first kappa shape index (κ1) is 28.7. The molecular weight excluding hydrogens is 500 g/mol. The monoisotopic (exact) mass is 532 g/mol. The van der Waals surface area contributed by atoms with Crippen molar-refractivity contribution < 1.29 is 28.6 Å². The van der Waals surface area contributed by atoms with Crippen molar-refractivity contribution in [2.75, 3.05) is 25.6 Å². The van der Waals surface area contributed by atoms with Crippen LogP contribution in [-0.4, -0.2) is 44.3 Å². The summed E-state index contributed by atoms with van der Waals surface area (Å²) >= 11 is 0. The van der Waals surface area contributed by atoms with Gasteiger partial charge in [0, 0.05) is 12.2 Å². The van der Waals surface area contributed by atoms with E-state index in [-0.39, 0.29) is 19.1 Å². The lowest BCUT2D eigenvalue weighted by atomic mass is 10.1. The van der Waals surface area contributed by atoms with Gasteiger partial charge in [0.1, 0.15) is 5.75 Å². The van der Waals surface area contributed by atoms with Crippen LogP contribution in [0.15, 0.2) is 65.8 Å². The van der Waals surface area contributed by atoms with Gasteiger partial charge in [0.2, 0.25) is 0 Å². The number of aryl methyl sites for hydroxylation is 2. The Hall–Kier alpha value is -4.86. The molecule has 0 bridgehead atoms. The van der Waals surface area contributed by atoms with E-state index in [1.54, 1.807) is 49.6 Å². The predicted molar refractivity (Wildman–Crippen MR) is 148 cm³/mol. The highest BCUT2D eigenvalue weighted by Gasteiger charge is 2.13. The first-order valence-electron chi connectivity index (χ1n) is 12.3. The molecule has 0 radical (unpaired) electrons. The van der Waals surface area contributed by atoms with Crippen LogP contribution in [0.5, 0.6) is 17.2 Å². The smallest absolute Gasteiger partial charge is 0.329 e. The summed E-state index contributed by atoms with van der Waals surface area (Å²) in [6, 6.07) is 17.9. The summed E-state index contributed by atoms with van der Waals surface area (Å²) in [5.41, 5.74) is 6.40. The van der Waals surface area contributed by atoms with Crippen LogP contribution in [0.4, 0.5) is 5.69 Å². The molecule has 3 N–H and O–H groups in total. The zero-order chi connectivity index (χ0) is 28.2. The number of amides is 3. The van der Waals surface area contributed by atoms with Crippen LogP contribution in [0.25, 0.3) is 0 Å². The van der Waals surface area contributed by atoms with Crippen LogP contribution < -0.4 is 30.3 Å². The lowest BCUT2D eigenvalue weighted by Gasteiger charge is -2.13. The summed E-state index contributed by atoms with van der Waals surface area (Å²) in [5.74, 6) is -0.542. The summed E-state index contributed by atoms with van der Waals surface area (Å²) in [6.45, 7) is 6.09. The third-order valence-electron chi connectivity index (χ3n) is 5.33. The van der Waals surface area contributed by atoms with Gasteiger partial charge >= 0.3 is 11.8 Å². The Kier molecular flexibility index (Phi) is 10.4. The van der Waals surface area contributed by atoms with E-state index in [1.807, 2.05) is 39.0 Å². The molecule has 0 saturated heterocycles. The number of carbonyl (C=O) groups excluding carboxylic acids is 3. The van der Waals surface area contributed by atoms with Gasteiger partial charge in [0.25, 0.3) is 5.91 Å². The van der Waals surface area contributed by atoms with E-state index < -0.39 is 11.8 Å². The maximum absolute atomic E-state index is 12.4. The molecule has 3 rings (SSSR count). The van der Waals surface area contributed by atoms with Gasteiger partial charge in [0.05, 0.1) is 19.9 Å². The molecule has 10 heteroatoms. The molecule has 10 nitrogen and oxygen atoms in total. The van der Waals surface area contributed by atoms with Crippen molar-refractivity contribution in [3.63, 3.8) is 0 Å². The Bertz CT molecular complexity index is 1320. The van der Waals surface area contributed by atoms with Gasteiger partial charge in [-0.2, -0.15) is 5.10 Å². The fourth-order valence-corrected chi connectivity index (χ4v) is 3.60. The van der Waals surface area contributed by atoms with Crippen molar-refractivity contribution >= 4 is 29.6 Å². The maximum Gasteiger partial charge on any atom is 0.329 e. The molecule has 0 aliphatic rings. The summed E-state index contributed by atoms with van der Waals surface area (Å²) in [7, 11) is 1.57. The first-order chi connectivity index (χ1) is 18.8. The third-order valence-corrected chi connectivity index (χ3v) is 5.33. The van der Waals surface area contributed by atoms with Crippen molar-refractivity contribution in [2.24, 2.45) is 5.10 Å². The molecule has 0 unspecified atom stereocenters. The highest BCUT2D eigenvalue weighted by atomic mass is 16.5. The average Bonchev–Trinajstić information content (AvgIpc) is 2.91. The molecule has 0 aliphatic carbocycles. The van der Waals surface area contributed by atoms with Crippen molar-refractivity contribution in [1.82, 2.24) is 10.7 Å². The molecule has 0 fully saturated rings. The van der Waals surface area contributed by atoms with Crippen molar-refractivity contribution in [3.8, 4) is 17.2 Å². The van der Waals surface area contributed by atoms with E-state index >= 15 is 0 Å². The molecule has 0 spiro atoms. The Morgan fingerprint density at radius 2 is 1.59 bits per heavy atom. The van der Waals surface area contributed by atoms with Gasteiger partial charge in [0.15, 0.2) is 18.1 Å². The van der Waals surface area contributed by atoms with Crippen molar-refractivity contribution in [3.05, 3.63) is 82.9 Å². The number of nitrogens with zero attached hydrogens (tertiary/aromatic N) is 1. The van der Waals surface area contributed by atoms with Gasteiger partial charge in [-0.3, -0.25) is 14.4 Å². The van der Waals surface area contributed by atoms with Crippen LogP contribution >= 0.6 is 0 Å². The molecule has 3 amide bonds. The van der Waals surface area contributed by atoms with E-state index in [1.165, 1.54) is 6.21 Å². The maximum atomic E-state index is 12.4. The van der Waals surface area contributed by atoms with Crippen molar-refractivity contribution in [1.29, 1.82) is 0 Å². The Morgan fingerprint density at radius 3 is 2.26 bits per heavy atom. The zero-order valence-corrected chi connectivity index (χ0v) is 22.4. The highest BCUT2D eigenvalue weighted by Crippen LogP contribution is 2.28. The highest BCUT2D eigenvalue weighted by molar-refractivity contribution is 6.35. The summed E-state index contributed by atoms with van der Waals surface area (Å²) in [6.07, 6.45) is 1.37. The first-order valence-corrected chi connectivity index (χ1v) is 12.3.